The lowest BCUT2D eigenvalue weighted by molar-refractivity contribution is 0.402. The zero-order valence-corrected chi connectivity index (χ0v) is 29.8. The number of halogens is 1. The van der Waals surface area contributed by atoms with Crippen molar-refractivity contribution in [2.75, 3.05) is 4.90 Å². The Morgan fingerprint density at radius 1 is 0.574 bits per heavy atom. The van der Waals surface area contributed by atoms with Gasteiger partial charge in [0.1, 0.15) is 11.5 Å². The van der Waals surface area contributed by atoms with E-state index in [1.807, 2.05) is 79.3 Å². The number of anilines is 3. The summed E-state index contributed by atoms with van der Waals surface area (Å²) in [7, 11) is 0. The monoisotopic (exact) mass is 699 g/mol. The lowest BCUT2D eigenvalue weighted by atomic mass is 9.72. The number of hydrogen-bond donors (Lipinski definition) is 0. The van der Waals surface area contributed by atoms with E-state index in [0.29, 0.717) is 11.1 Å². The Hall–Kier alpha value is -6.79. The fourth-order valence-corrected chi connectivity index (χ4v) is 8.98. The van der Waals surface area contributed by atoms with E-state index in [2.05, 4.69) is 113 Å². The molecule has 0 saturated heterocycles. The van der Waals surface area contributed by atoms with Crippen LogP contribution in [0.1, 0.15) is 42.3 Å². The fourth-order valence-electron chi connectivity index (χ4n) is 8.98. The second-order valence-corrected chi connectivity index (χ2v) is 14.8. The summed E-state index contributed by atoms with van der Waals surface area (Å²) in [5.41, 5.74) is 10.3. The normalized spacial score (nSPS) is 14.2. The second-order valence-electron chi connectivity index (χ2n) is 14.8. The van der Waals surface area contributed by atoms with E-state index in [9.17, 15) is 0 Å². The molecular weight excluding hydrogens is 666 g/mol. The zero-order valence-electron chi connectivity index (χ0n) is 29.8. The number of rotatable bonds is 4. The molecule has 1 unspecified atom stereocenters. The molecular formula is C48H34FN5. The summed E-state index contributed by atoms with van der Waals surface area (Å²) in [6.07, 6.45) is 4.25. The molecule has 1 aliphatic heterocycles. The van der Waals surface area contributed by atoms with Crippen LogP contribution in [0.4, 0.5) is 21.6 Å². The highest BCUT2D eigenvalue weighted by molar-refractivity contribution is 6.18. The van der Waals surface area contributed by atoms with Crippen LogP contribution in [0.3, 0.4) is 0 Å². The fraction of sp³-hybridized carbons (Fsp3) is 0.0833. The number of imidazole rings is 1. The van der Waals surface area contributed by atoms with E-state index in [1.54, 1.807) is 0 Å². The second kappa shape index (κ2) is 11.4. The van der Waals surface area contributed by atoms with Gasteiger partial charge < -0.3 is 4.57 Å². The highest BCUT2D eigenvalue weighted by Crippen LogP contribution is 2.56. The van der Waals surface area contributed by atoms with Crippen LogP contribution in [0, 0.1) is 0 Å². The van der Waals surface area contributed by atoms with E-state index in [4.69, 9.17) is 9.97 Å². The molecule has 258 valence electrons. The lowest BCUT2D eigenvalue weighted by Crippen LogP contribution is -2.31. The van der Waals surface area contributed by atoms with Gasteiger partial charge in [0.15, 0.2) is 6.17 Å². The molecule has 1 aliphatic rings. The molecule has 6 aromatic carbocycles. The minimum atomic E-state index is -1.37. The number of hydrogen-bond acceptors (Lipinski definition) is 3. The first-order valence-electron chi connectivity index (χ1n) is 18.4. The van der Waals surface area contributed by atoms with Crippen molar-refractivity contribution in [2.45, 2.75) is 25.4 Å². The Kier molecular flexibility index (Phi) is 6.48. The van der Waals surface area contributed by atoms with Gasteiger partial charge in [0.25, 0.3) is 0 Å². The molecule has 5 heterocycles. The van der Waals surface area contributed by atoms with E-state index in [0.717, 1.165) is 77.6 Å². The summed E-state index contributed by atoms with van der Waals surface area (Å²) in [6.45, 7) is 4.55. The first-order valence-corrected chi connectivity index (χ1v) is 18.4. The van der Waals surface area contributed by atoms with Crippen molar-refractivity contribution in [1.29, 1.82) is 0 Å². The molecule has 0 bridgehead atoms. The minimum Gasteiger partial charge on any atom is -0.309 e. The average molecular weight is 700 g/mol. The molecule has 6 heteroatoms. The quantitative estimate of drug-likeness (QED) is 0.172. The molecule has 4 aromatic heterocycles. The highest BCUT2D eigenvalue weighted by Gasteiger charge is 2.40. The summed E-state index contributed by atoms with van der Waals surface area (Å²) in [5, 5.41) is 5.40. The number of alkyl halides is 1. The van der Waals surface area contributed by atoms with Crippen molar-refractivity contribution in [3.63, 3.8) is 0 Å². The Morgan fingerprint density at radius 3 is 2.13 bits per heavy atom. The maximum Gasteiger partial charge on any atom is 0.150 e. The van der Waals surface area contributed by atoms with Crippen LogP contribution in [0.2, 0.25) is 0 Å². The molecule has 54 heavy (non-hydrogen) atoms. The lowest BCUT2D eigenvalue weighted by Gasteiger charge is -2.42. The number of aromatic nitrogens is 4. The number of para-hydroxylation sites is 3. The molecule has 11 rings (SSSR count). The van der Waals surface area contributed by atoms with Gasteiger partial charge in [0.2, 0.25) is 0 Å². The van der Waals surface area contributed by atoms with Gasteiger partial charge in [-0.25, -0.2) is 14.4 Å². The minimum absolute atomic E-state index is 0.388. The van der Waals surface area contributed by atoms with Gasteiger partial charge in [-0.2, -0.15) is 0 Å². The molecule has 0 radical (unpaired) electrons. The third-order valence-electron chi connectivity index (χ3n) is 11.5. The van der Waals surface area contributed by atoms with Crippen molar-refractivity contribution in [2.24, 2.45) is 0 Å². The largest absolute Gasteiger partial charge is 0.309 e. The summed E-state index contributed by atoms with van der Waals surface area (Å²) in [5.74, 6) is 0.784. The molecule has 5 nitrogen and oxygen atoms in total. The number of pyridine rings is 2. The predicted molar refractivity (Wildman–Crippen MR) is 219 cm³/mol. The van der Waals surface area contributed by atoms with Crippen LogP contribution in [-0.2, 0) is 5.41 Å². The predicted octanol–water partition coefficient (Wildman–Crippen LogP) is 12.3. The number of nitrogens with zero attached hydrogens (tertiary/aromatic N) is 5. The van der Waals surface area contributed by atoms with Gasteiger partial charge in [0.05, 0.1) is 27.9 Å². The van der Waals surface area contributed by atoms with Crippen molar-refractivity contribution < 1.29 is 4.39 Å². The van der Waals surface area contributed by atoms with Gasteiger partial charge in [-0.15, -0.1) is 0 Å². The SMILES string of the molecule is CC1(C)c2ccc(C(F)c3ccc4c5ccccc5n5ccnc5c4c3)cc2N(c2ccccn2)c2c1ccc1c2c2ccccc2n1-c1ccccc1. The maximum atomic E-state index is 17.2. The van der Waals surface area contributed by atoms with Crippen LogP contribution in [0.5, 0.6) is 0 Å². The third-order valence-corrected chi connectivity index (χ3v) is 11.5. The van der Waals surface area contributed by atoms with Crippen molar-refractivity contribution in [3.05, 3.63) is 186 Å². The highest BCUT2D eigenvalue weighted by atomic mass is 19.1. The van der Waals surface area contributed by atoms with E-state index < -0.39 is 6.17 Å². The van der Waals surface area contributed by atoms with Crippen LogP contribution in [-0.4, -0.2) is 18.9 Å². The Morgan fingerprint density at radius 2 is 1.30 bits per heavy atom. The van der Waals surface area contributed by atoms with Crippen LogP contribution >= 0.6 is 0 Å². The van der Waals surface area contributed by atoms with Gasteiger partial charge in [-0.3, -0.25) is 9.30 Å². The smallest absolute Gasteiger partial charge is 0.150 e. The van der Waals surface area contributed by atoms with E-state index >= 15 is 4.39 Å². The third kappa shape index (κ3) is 4.25. The van der Waals surface area contributed by atoms with Crippen LogP contribution < -0.4 is 4.90 Å². The standard InChI is InChI=1S/C48H34FN5/c1-48(2)37-22-20-31(45(49)30-19-21-33-34-14-6-8-16-39(34)52-27-26-51-47(52)36(33)28-30)29-42(37)54(43-18-10-11-25-50-43)46-38(48)23-24-41-44(46)35-15-7-9-17-40(35)53(41)32-12-4-3-5-13-32/h3-29,45H,1-2H3. The zero-order chi connectivity index (χ0) is 36.1. The molecule has 10 aromatic rings. The first kappa shape index (κ1) is 30.8. The number of benzene rings is 6. The molecule has 0 amide bonds. The molecule has 0 aliphatic carbocycles. The number of fused-ring (bicyclic) bond motifs is 12. The topological polar surface area (TPSA) is 38.4 Å². The van der Waals surface area contributed by atoms with Gasteiger partial charge >= 0.3 is 0 Å². The summed E-state index contributed by atoms with van der Waals surface area (Å²) >= 11 is 0. The summed E-state index contributed by atoms with van der Waals surface area (Å²) in [4.78, 5) is 11.9. The van der Waals surface area contributed by atoms with Crippen molar-refractivity contribution in [3.8, 4) is 5.69 Å². The summed E-state index contributed by atoms with van der Waals surface area (Å²) in [6, 6.07) is 50.1. The first-order chi connectivity index (χ1) is 26.5. The van der Waals surface area contributed by atoms with Gasteiger partial charge in [-0.1, -0.05) is 105 Å². The Balaban J connectivity index is 1.14. The van der Waals surface area contributed by atoms with Crippen molar-refractivity contribution >= 4 is 66.3 Å². The van der Waals surface area contributed by atoms with E-state index in [1.165, 1.54) is 5.56 Å². The van der Waals surface area contributed by atoms with Crippen molar-refractivity contribution in [1.82, 2.24) is 18.9 Å². The van der Waals surface area contributed by atoms with Crippen LogP contribution in [0.25, 0.3) is 54.8 Å². The molecule has 0 spiro atoms. The summed E-state index contributed by atoms with van der Waals surface area (Å²) < 4.78 is 21.6. The Bertz CT molecular complexity index is 3110. The molecule has 1 atom stereocenters. The van der Waals surface area contributed by atoms with Gasteiger partial charge in [0, 0.05) is 51.2 Å². The van der Waals surface area contributed by atoms with Gasteiger partial charge in [-0.05, 0) is 82.2 Å². The van der Waals surface area contributed by atoms with Crippen LogP contribution in [0.15, 0.2) is 164 Å². The van der Waals surface area contributed by atoms with E-state index in [-0.39, 0.29) is 5.41 Å². The molecule has 0 saturated carbocycles. The average Bonchev–Trinajstić information content (AvgIpc) is 3.85. The maximum absolute atomic E-state index is 17.2. The molecule has 0 N–H and O–H groups in total. The Labute approximate surface area is 311 Å². The molecule has 0 fully saturated rings.